The van der Waals surface area contributed by atoms with Crippen LogP contribution in [0.15, 0.2) is 11.2 Å². The summed E-state index contributed by atoms with van der Waals surface area (Å²) < 4.78 is 0. The van der Waals surface area contributed by atoms with Gasteiger partial charge in [0.25, 0.3) is 0 Å². The van der Waals surface area contributed by atoms with Crippen LogP contribution in [-0.2, 0) is 4.79 Å². The molecule has 0 radical (unpaired) electrons. The molecular formula is C16H24N4O2S. The van der Waals surface area contributed by atoms with Gasteiger partial charge < -0.3 is 14.9 Å². The van der Waals surface area contributed by atoms with E-state index in [4.69, 9.17) is 5.11 Å². The van der Waals surface area contributed by atoms with Crippen LogP contribution in [0, 0.1) is 0 Å². The van der Waals surface area contributed by atoms with Gasteiger partial charge in [0.15, 0.2) is 5.16 Å². The minimum atomic E-state index is -0.832. The molecule has 3 heterocycles. The summed E-state index contributed by atoms with van der Waals surface area (Å²) in [7, 11) is 0. The van der Waals surface area contributed by atoms with E-state index >= 15 is 0 Å². The first-order chi connectivity index (χ1) is 11.2. The molecule has 2 aliphatic rings. The second-order valence-corrected chi connectivity index (χ2v) is 7.09. The third-order valence-corrected chi connectivity index (χ3v) is 5.20. The number of rotatable bonds is 5. The highest BCUT2D eigenvalue weighted by atomic mass is 32.2. The average molecular weight is 336 g/mol. The number of aromatic nitrogens is 2. The van der Waals surface area contributed by atoms with Gasteiger partial charge >= 0.3 is 5.97 Å². The van der Waals surface area contributed by atoms with E-state index < -0.39 is 5.97 Å². The van der Waals surface area contributed by atoms with Gasteiger partial charge in [-0.2, -0.15) is 0 Å². The molecule has 0 saturated carbocycles. The van der Waals surface area contributed by atoms with Gasteiger partial charge in [0.05, 0.1) is 5.75 Å². The van der Waals surface area contributed by atoms with Crippen LogP contribution in [0.4, 0.5) is 11.6 Å². The van der Waals surface area contributed by atoms with E-state index in [1.807, 2.05) is 0 Å². The summed E-state index contributed by atoms with van der Waals surface area (Å²) in [4.78, 5) is 24.7. The van der Waals surface area contributed by atoms with Crippen molar-refractivity contribution in [3.63, 3.8) is 0 Å². The molecular weight excluding hydrogens is 312 g/mol. The largest absolute Gasteiger partial charge is 0.481 e. The molecule has 2 aliphatic heterocycles. The lowest BCUT2D eigenvalue weighted by molar-refractivity contribution is -0.133. The summed E-state index contributed by atoms with van der Waals surface area (Å²) >= 11 is 1.21. The van der Waals surface area contributed by atoms with Crippen molar-refractivity contribution in [3.05, 3.63) is 6.07 Å². The number of hydrogen-bond donors (Lipinski definition) is 1. The number of aliphatic carboxylic acids is 1. The van der Waals surface area contributed by atoms with Gasteiger partial charge in [-0.25, -0.2) is 9.97 Å². The van der Waals surface area contributed by atoms with Crippen molar-refractivity contribution in [1.29, 1.82) is 0 Å². The van der Waals surface area contributed by atoms with Gasteiger partial charge in [-0.1, -0.05) is 11.8 Å². The second-order valence-electron chi connectivity index (χ2n) is 6.14. The minimum absolute atomic E-state index is 0.00287. The smallest absolute Gasteiger partial charge is 0.313 e. The molecule has 1 aromatic heterocycles. The maximum absolute atomic E-state index is 10.8. The molecule has 0 atom stereocenters. The molecule has 0 aliphatic carbocycles. The van der Waals surface area contributed by atoms with Gasteiger partial charge in [-0.05, 0) is 38.5 Å². The van der Waals surface area contributed by atoms with Gasteiger partial charge in [0.1, 0.15) is 11.6 Å². The average Bonchev–Trinajstić information content (AvgIpc) is 2.61. The highest BCUT2D eigenvalue weighted by molar-refractivity contribution is 7.99. The van der Waals surface area contributed by atoms with Crippen LogP contribution in [0.3, 0.4) is 0 Å². The van der Waals surface area contributed by atoms with E-state index in [1.165, 1.54) is 50.3 Å². The predicted octanol–water partition coefficient (Wildman–Crippen LogP) is 2.63. The Morgan fingerprint density at radius 3 is 1.87 bits per heavy atom. The van der Waals surface area contributed by atoms with E-state index in [1.54, 1.807) is 0 Å². The molecule has 2 saturated heterocycles. The first-order valence-electron chi connectivity index (χ1n) is 8.46. The highest BCUT2D eigenvalue weighted by Crippen LogP contribution is 2.27. The van der Waals surface area contributed by atoms with Crippen molar-refractivity contribution >= 4 is 29.4 Å². The van der Waals surface area contributed by atoms with E-state index in [-0.39, 0.29) is 5.75 Å². The molecule has 0 spiro atoms. The van der Waals surface area contributed by atoms with Crippen molar-refractivity contribution in [3.8, 4) is 0 Å². The van der Waals surface area contributed by atoms with Crippen molar-refractivity contribution in [1.82, 2.24) is 9.97 Å². The van der Waals surface area contributed by atoms with Crippen LogP contribution in [0.25, 0.3) is 0 Å². The fourth-order valence-corrected chi connectivity index (χ4v) is 3.73. The second kappa shape index (κ2) is 7.86. The van der Waals surface area contributed by atoms with E-state index in [0.29, 0.717) is 5.16 Å². The Bertz CT molecular complexity index is 507. The number of anilines is 2. The molecule has 7 heteroatoms. The Kier molecular flexibility index (Phi) is 5.59. The summed E-state index contributed by atoms with van der Waals surface area (Å²) in [5.41, 5.74) is 0. The Balaban J connectivity index is 1.83. The molecule has 0 amide bonds. The standard InChI is InChI=1S/C16H24N4O2S/c21-15(22)12-23-16-17-13(19-7-3-1-4-8-19)11-14(18-16)20-9-5-2-6-10-20/h11H,1-10,12H2,(H,21,22). The quantitative estimate of drug-likeness (QED) is 0.655. The lowest BCUT2D eigenvalue weighted by atomic mass is 10.1. The fourth-order valence-electron chi connectivity index (χ4n) is 3.16. The van der Waals surface area contributed by atoms with Crippen LogP contribution in [0.5, 0.6) is 0 Å². The molecule has 126 valence electrons. The Labute approximate surface area is 141 Å². The Hall–Kier alpha value is -1.50. The predicted molar refractivity (Wildman–Crippen MR) is 92.5 cm³/mol. The summed E-state index contributed by atoms with van der Waals surface area (Å²) in [5.74, 6) is 1.07. The lowest BCUT2D eigenvalue weighted by Gasteiger charge is -2.31. The number of thioether (sulfide) groups is 1. The van der Waals surface area contributed by atoms with Crippen LogP contribution in [0.1, 0.15) is 38.5 Å². The molecule has 2 fully saturated rings. The Morgan fingerprint density at radius 1 is 0.957 bits per heavy atom. The van der Waals surface area contributed by atoms with Gasteiger partial charge in [0.2, 0.25) is 0 Å². The zero-order chi connectivity index (χ0) is 16.1. The molecule has 1 aromatic rings. The zero-order valence-corrected chi connectivity index (χ0v) is 14.2. The molecule has 0 bridgehead atoms. The normalized spacial score (nSPS) is 19.0. The summed E-state index contributed by atoms with van der Waals surface area (Å²) in [6.07, 6.45) is 7.34. The molecule has 6 nitrogen and oxygen atoms in total. The van der Waals surface area contributed by atoms with Gasteiger partial charge in [-0.3, -0.25) is 4.79 Å². The number of piperidine rings is 2. The maximum Gasteiger partial charge on any atom is 0.313 e. The number of carboxylic acid groups (broad SMARTS) is 1. The van der Waals surface area contributed by atoms with Crippen molar-refractivity contribution in [2.24, 2.45) is 0 Å². The summed E-state index contributed by atoms with van der Waals surface area (Å²) in [6, 6.07) is 2.08. The van der Waals surface area contributed by atoms with Crippen molar-refractivity contribution in [2.75, 3.05) is 41.7 Å². The van der Waals surface area contributed by atoms with E-state index in [0.717, 1.165) is 37.8 Å². The molecule has 23 heavy (non-hydrogen) atoms. The van der Waals surface area contributed by atoms with Crippen LogP contribution in [-0.4, -0.2) is 53.0 Å². The number of carboxylic acids is 1. The molecule has 3 rings (SSSR count). The molecule has 1 N–H and O–H groups in total. The van der Waals surface area contributed by atoms with E-state index in [9.17, 15) is 4.79 Å². The number of hydrogen-bond acceptors (Lipinski definition) is 6. The zero-order valence-electron chi connectivity index (χ0n) is 13.4. The number of carbonyl (C=O) groups is 1. The summed E-state index contributed by atoms with van der Waals surface area (Å²) in [5, 5.41) is 9.49. The monoisotopic (exact) mass is 336 g/mol. The minimum Gasteiger partial charge on any atom is -0.481 e. The SMILES string of the molecule is O=C(O)CSc1nc(N2CCCCC2)cc(N2CCCCC2)n1. The molecule has 0 aromatic carbocycles. The van der Waals surface area contributed by atoms with Crippen molar-refractivity contribution < 1.29 is 9.90 Å². The lowest BCUT2D eigenvalue weighted by Crippen LogP contribution is -2.33. The van der Waals surface area contributed by atoms with Crippen LogP contribution < -0.4 is 9.80 Å². The van der Waals surface area contributed by atoms with Crippen LogP contribution in [0.2, 0.25) is 0 Å². The third kappa shape index (κ3) is 4.50. The van der Waals surface area contributed by atoms with Gasteiger partial charge in [0, 0.05) is 32.2 Å². The van der Waals surface area contributed by atoms with Crippen LogP contribution >= 0.6 is 11.8 Å². The third-order valence-electron chi connectivity index (χ3n) is 4.36. The highest BCUT2D eigenvalue weighted by Gasteiger charge is 2.19. The first-order valence-corrected chi connectivity index (χ1v) is 9.44. The topological polar surface area (TPSA) is 69.6 Å². The number of nitrogens with zero attached hydrogens (tertiary/aromatic N) is 4. The Morgan fingerprint density at radius 2 is 1.43 bits per heavy atom. The maximum atomic E-state index is 10.8. The summed E-state index contributed by atoms with van der Waals surface area (Å²) in [6.45, 7) is 4.11. The first kappa shape index (κ1) is 16.4. The van der Waals surface area contributed by atoms with Gasteiger partial charge in [-0.15, -0.1) is 0 Å². The molecule has 0 unspecified atom stereocenters. The van der Waals surface area contributed by atoms with E-state index in [2.05, 4.69) is 25.8 Å². The fraction of sp³-hybridized carbons (Fsp3) is 0.688. The van der Waals surface area contributed by atoms with Crippen molar-refractivity contribution in [2.45, 2.75) is 43.7 Å².